The highest BCUT2D eigenvalue weighted by Crippen LogP contribution is 2.14. The molecule has 2 amide bonds. The van der Waals surface area contributed by atoms with Crippen molar-refractivity contribution in [2.45, 2.75) is 37.3 Å². The van der Waals surface area contributed by atoms with Crippen molar-refractivity contribution in [3.05, 3.63) is 59.7 Å². The van der Waals surface area contributed by atoms with Gasteiger partial charge in [0.05, 0.1) is 31.2 Å². The third kappa shape index (κ3) is 7.54. The fourth-order valence-electron chi connectivity index (χ4n) is 3.52. The number of rotatable bonds is 11. The second-order valence-electron chi connectivity index (χ2n) is 8.17. The number of hydrogen-bond acceptors (Lipinski definition) is 6. The van der Waals surface area contributed by atoms with Gasteiger partial charge in [0.15, 0.2) is 0 Å². The molecule has 2 aromatic rings. The Kier molecular flexibility index (Phi) is 9.03. The van der Waals surface area contributed by atoms with E-state index in [1.165, 1.54) is 17.0 Å². The number of methoxy groups -OCH3 is 1. The molecule has 2 N–H and O–H groups in total. The molecule has 3 rings (SSSR count). The van der Waals surface area contributed by atoms with Gasteiger partial charge < -0.3 is 19.7 Å². The highest BCUT2D eigenvalue weighted by molar-refractivity contribution is 7.89. The molecule has 0 aliphatic carbocycles. The zero-order chi connectivity index (χ0) is 24.6. The molecular formula is C24H31N3O6S. The smallest absolute Gasteiger partial charge is 0.241 e. The lowest BCUT2D eigenvalue weighted by Gasteiger charge is -2.23. The molecule has 34 heavy (non-hydrogen) atoms. The van der Waals surface area contributed by atoms with Crippen LogP contribution in [0, 0.1) is 6.92 Å². The summed E-state index contributed by atoms with van der Waals surface area (Å²) in [6.45, 7) is 2.39. The van der Waals surface area contributed by atoms with Crippen LogP contribution in [0.3, 0.4) is 0 Å². The topological polar surface area (TPSA) is 114 Å². The summed E-state index contributed by atoms with van der Waals surface area (Å²) in [7, 11) is -2.31. The molecule has 9 nitrogen and oxygen atoms in total. The predicted molar refractivity (Wildman–Crippen MR) is 127 cm³/mol. The quantitative estimate of drug-likeness (QED) is 0.496. The Bertz CT molecular complexity index is 1060. The Balaban J connectivity index is 1.65. The van der Waals surface area contributed by atoms with Crippen LogP contribution in [0.2, 0.25) is 0 Å². The SMILES string of the molecule is COc1ccc(CN(CC(=O)NC[C@H]2CCCO2)C(=O)CNS(=O)(=O)c2ccc(C)cc2)cc1. The molecule has 2 aromatic carbocycles. The molecule has 0 saturated carbocycles. The van der Waals surface area contributed by atoms with Gasteiger partial charge in [-0.1, -0.05) is 29.8 Å². The highest BCUT2D eigenvalue weighted by atomic mass is 32.2. The van der Waals surface area contributed by atoms with Gasteiger partial charge >= 0.3 is 0 Å². The number of nitrogens with zero attached hydrogens (tertiary/aromatic N) is 1. The van der Waals surface area contributed by atoms with E-state index in [0.29, 0.717) is 18.9 Å². The minimum atomic E-state index is -3.87. The van der Waals surface area contributed by atoms with E-state index in [4.69, 9.17) is 9.47 Å². The molecule has 1 heterocycles. The maximum atomic E-state index is 13.0. The Labute approximate surface area is 200 Å². The maximum absolute atomic E-state index is 13.0. The summed E-state index contributed by atoms with van der Waals surface area (Å²) in [5.41, 5.74) is 1.71. The number of nitrogens with one attached hydrogen (secondary N) is 2. The second-order valence-corrected chi connectivity index (χ2v) is 9.94. The van der Waals surface area contributed by atoms with Crippen molar-refractivity contribution in [3.63, 3.8) is 0 Å². The number of hydrogen-bond donors (Lipinski definition) is 2. The van der Waals surface area contributed by atoms with Crippen LogP contribution in [-0.2, 0) is 30.9 Å². The van der Waals surface area contributed by atoms with Crippen LogP contribution in [-0.4, -0.2) is 64.6 Å². The number of aryl methyl sites for hydroxylation is 1. The summed E-state index contributed by atoms with van der Waals surface area (Å²) in [6, 6.07) is 13.4. The number of amides is 2. The van der Waals surface area contributed by atoms with Crippen LogP contribution >= 0.6 is 0 Å². The number of ether oxygens (including phenoxy) is 2. The molecule has 10 heteroatoms. The lowest BCUT2D eigenvalue weighted by atomic mass is 10.2. The van der Waals surface area contributed by atoms with Crippen LogP contribution < -0.4 is 14.8 Å². The summed E-state index contributed by atoms with van der Waals surface area (Å²) in [6.07, 6.45) is 1.83. The minimum absolute atomic E-state index is 0.0176. The molecule has 0 bridgehead atoms. The van der Waals surface area contributed by atoms with Crippen molar-refractivity contribution in [1.82, 2.24) is 14.9 Å². The molecule has 1 atom stereocenters. The molecule has 0 aromatic heterocycles. The van der Waals surface area contributed by atoms with Gasteiger partial charge in [0.1, 0.15) is 5.75 Å². The van der Waals surface area contributed by atoms with Crippen LogP contribution in [0.5, 0.6) is 5.75 Å². The highest BCUT2D eigenvalue weighted by Gasteiger charge is 2.22. The Morgan fingerprint density at radius 3 is 2.44 bits per heavy atom. The largest absolute Gasteiger partial charge is 0.497 e. The maximum Gasteiger partial charge on any atom is 0.241 e. The van der Waals surface area contributed by atoms with Crippen molar-refractivity contribution in [1.29, 1.82) is 0 Å². The van der Waals surface area contributed by atoms with E-state index in [1.54, 1.807) is 43.5 Å². The Morgan fingerprint density at radius 1 is 1.12 bits per heavy atom. The monoisotopic (exact) mass is 489 g/mol. The number of carbonyl (C=O) groups is 2. The standard InChI is InChI=1S/C24H31N3O6S/c1-18-5-11-22(12-6-18)34(30,31)26-15-24(29)27(16-19-7-9-20(32-2)10-8-19)17-23(28)25-14-21-4-3-13-33-21/h5-12,21,26H,3-4,13-17H2,1-2H3,(H,25,28)/t21-/m1/s1. The van der Waals surface area contributed by atoms with Gasteiger partial charge in [-0.2, -0.15) is 0 Å². The second kappa shape index (κ2) is 12.0. The number of benzene rings is 2. The van der Waals surface area contributed by atoms with Crippen molar-refractivity contribution >= 4 is 21.8 Å². The fourth-order valence-corrected chi connectivity index (χ4v) is 4.49. The lowest BCUT2D eigenvalue weighted by Crippen LogP contribution is -2.45. The van der Waals surface area contributed by atoms with Gasteiger partial charge in [-0.15, -0.1) is 0 Å². The first-order valence-electron chi connectivity index (χ1n) is 11.1. The summed E-state index contributed by atoms with van der Waals surface area (Å²) >= 11 is 0. The molecule has 0 radical (unpaired) electrons. The van der Waals surface area contributed by atoms with E-state index in [1.807, 2.05) is 6.92 Å². The third-order valence-corrected chi connectivity index (χ3v) is 6.93. The van der Waals surface area contributed by atoms with Gasteiger partial charge in [-0.05, 0) is 49.6 Å². The minimum Gasteiger partial charge on any atom is -0.497 e. The third-order valence-electron chi connectivity index (χ3n) is 5.52. The fraction of sp³-hybridized carbons (Fsp3) is 0.417. The lowest BCUT2D eigenvalue weighted by molar-refractivity contribution is -0.135. The molecule has 0 spiro atoms. The molecule has 1 aliphatic rings. The number of carbonyl (C=O) groups excluding carboxylic acids is 2. The first-order chi connectivity index (χ1) is 16.3. The van der Waals surface area contributed by atoms with E-state index in [2.05, 4.69) is 10.0 Å². The summed E-state index contributed by atoms with van der Waals surface area (Å²) in [4.78, 5) is 26.9. The number of sulfonamides is 1. The van der Waals surface area contributed by atoms with E-state index >= 15 is 0 Å². The first-order valence-corrected chi connectivity index (χ1v) is 12.6. The van der Waals surface area contributed by atoms with Gasteiger partial charge in [0.25, 0.3) is 0 Å². The van der Waals surface area contributed by atoms with E-state index in [9.17, 15) is 18.0 Å². The van der Waals surface area contributed by atoms with Gasteiger partial charge in [0, 0.05) is 19.7 Å². The molecule has 184 valence electrons. The summed E-state index contributed by atoms with van der Waals surface area (Å²) in [5.74, 6) is -0.181. The van der Waals surface area contributed by atoms with Crippen molar-refractivity contribution in [3.8, 4) is 5.75 Å². The molecule has 1 saturated heterocycles. The van der Waals surface area contributed by atoms with Crippen molar-refractivity contribution in [2.75, 3.05) is 33.4 Å². The zero-order valence-corrected chi connectivity index (χ0v) is 20.3. The van der Waals surface area contributed by atoms with E-state index < -0.39 is 22.5 Å². The predicted octanol–water partition coefficient (Wildman–Crippen LogP) is 1.61. The van der Waals surface area contributed by atoms with E-state index in [0.717, 1.165) is 24.0 Å². The van der Waals surface area contributed by atoms with Gasteiger partial charge in [-0.3, -0.25) is 9.59 Å². The normalized spacial score (nSPS) is 15.6. The molecule has 0 unspecified atom stereocenters. The summed E-state index contributed by atoms with van der Waals surface area (Å²) in [5, 5.41) is 2.80. The van der Waals surface area contributed by atoms with Gasteiger partial charge in [0.2, 0.25) is 21.8 Å². The van der Waals surface area contributed by atoms with Crippen LogP contribution in [0.15, 0.2) is 53.4 Å². The van der Waals surface area contributed by atoms with E-state index in [-0.39, 0.29) is 30.0 Å². The average Bonchev–Trinajstić information content (AvgIpc) is 3.35. The van der Waals surface area contributed by atoms with Crippen LogP contribution in [0.4, 0.5) is 0 Å². The molecule has 1 aliphatic heterocycles. The Hall–Kier alpha value is -2.95. The van der Waals surface area contributed by atoms with Crippen molar-refractivity contribution < 1.29 is 27.5 Å². The summed E-state index contributed by atoms with van der Waals surface area (Å²) < 4.78 is 38.2. The zero-order valence-electron chi connectivity index (χ0n) is 19.5. The molecule has 1 fully saturated rings. The van der Waals surface area contributed by atoms with Crippen molar-refractivity contribution in [2.24, 2.45) is 0 Å². The van der Waals surface area contributed by atoms with Crippen LogP contribution in [0.25, 0.3) is 0 Å². The van der Waals surface area contributed by atoms with Crippen LogP contribution in [0.1, 0.15) is 24.0 Å². The molecular weight excluding hydrogens is 458 g/mol. The van der Waals surface area contributed by atoms with Gasteiger partial charge in [-0.25, -0.2) is 13.1 Å². The average molecular weight is 490 g/mol. The first kappa shape index (κ1) is 25.7. The Morgan fingerprint density at radius 2 is 1.82 bits per heavy atom.